The first-order chi connectivity index (χ1) is 10.5. The van der Waals surface area contributed by atoms with Crippen LogP contribution in [-0.4, -0.2) is 39.1 Å². The minimum absolute atomic E-state index is 0.123. The van der Waals surface area contributed by atoms with E-state index in [-0.39, 0.29) is 19.3 Å². The molecule has 1 heterocycles. The van der Waals surface area contributed by atoms with Crippen molar-refractivity contribution < 1.29 is 24.6 Å². The molecule has 0 aliphatic rings. The van der Waals surface area contributed by atoms with Crippen molar-refractivity contribution in [3.8, 4) is 0 Å². The Hall–Kier alpha value is -2.83. The first-order valence-corrected chi connectivity index (χ1v) is 6.76. The summed E-state index contributed by atoms with van der Waals surface area (Å²) in [5, 5.41) is 21.0. The molecule has 0 saturated carbocycles. The fourth-order valence-electron chi connectivity index (χ4n) is 2.21. The minimum Gasteiger partial charge on any atom is -0.481 e. The number of carbonyl (C=O) groups is 3. The van der Waals surface area contributed by atoms with Gasteiger partial charge in [-0.15, -0.1) is 0 Å². The van der Waals surface area contributed by atoms with Crippen LogP contribution in [0, 0.1) is 0 Å². The molecule has 116 valence electrons. The number of aromatic nitrogens is 1. The van der Waals surface area contributed by atoms with Crippen LogP contribution in [0.25, 0.3) is 10.9 Å². The summed E-state index contributed by atoms with van der Waals surface area (Å²) in [5.41, 5.74) is 1.67. The SMILES string of the molecule is O=C(O)CCC(=O)N[C@@H](Cc1c[nH]c2ccccc12)C(=O)O. The Morgan fingerprint density at radius 1 is 1.14 bits per heavy atom. The highest BCUT2D eigenvalue weighted by Gasteiger charge is 2.22. The molecule has 0 bridgehead atoms. The van der Waals surface area contributed by atoms with Gasteiger partial charge in [-0.25, -0.2) is 4.79 Å². The van der Waals surface area contributed by atoms with E-state index in [1.54, 1.807) is 6.20 Å². The lowest BCUT2D eigenvalue weighted by Crippen LogP contribution is -2.42. The molecular weight excluding hydrogens is 288 g/mol. The second-order valence-electron chi connectivity index (χ2n) is 4.92. The summed E-state index contributed by atoms with van der Waals surface area (Å²) >= 11 is 0. The lowest BCUT2D eigenvalue weighted by Gasteiger charge is -2.14. The Morgan fingerprint density at radius 2 is 1.86 bits per heavy atom. The molecule has 2 rings (SSSR count). The van der Waals surface area contributed by atoms with Gasteiger partial charge >= 0.3 is 11.9 Å². The van der Waals surface area contributed by atoms with Gasteiger partial charge in [-0.1, -0.05) is 18.2 Å². The maximum absolute atomic E-state index is 11.6. The number of H-pyrrole nitrogens is 1. The number of aliphatic carboxylic acids is 2. The number of carboxylic acids is 2. The molecule has 2 aromatic rings. The van der Waals surface area contributed by atoms with Gasteiger partial charge in [-0.3, -0.25) is 9.59 Å². The molecule has 0 aliphatic carbocycles. The van der Waals surface area contributed by atoms with Crippen molar-refractivity contribution in [2.45, 2.75) is 25.3 Å². The lowest BCUT2D eigenvalue weighted by molar-refractivity contribution is -0.142. The predicted molar refractivity (Wildman–Crippen MR) is 78.4 cm³/mol. The zero-order chi connectivity index (χ0) is 16.1. The standard InChI is InChI=1S/C15H16N2O5/c18-13(5-6-14(19)20)17-12(15(21)22)7-9-8-16-11-4-2-1-3-10(9)11/h1-4,8,12,16H,5-7H2,(H,17,18)(H,19,20)(H,21,22)/t12-/m0/s1. The molecule has 0 fully saturated rings. The quantitative estimate of drug-likeness (QED) is 0.611. The maximum Gasteiger partial charge on any atom is 0.326 e. The van der Waals surface area contributed by atoms with Gasteiger partial charge in [0.15, 0.2) is 0 Å². The van der Waals surface area contributed by atoms with Gasteiger partial charge in [0.1, 0.15) is 6.04 Å². The van der Waals surface area contributed by atoms with Crippen molar-refractivity contribution in [1.29, 1.82) is 0 Å². The highest BCUT2D eigenvalue weighted by Crippen LogP contribution is 2.19. The van der Waals surface area contributed by atoms with Crippen LogP contribution in [0.1, 0.15) is 18.4 Å². The number of carboxylic acid groups (broad SMARTS) is 2. The molecular formula is C15H16N2O5. The average Bonchev–Trinajstić information content (AvgIpc) is 2.87. The van der Waals surface area contributed by atoms with Crippen molar-refractivity contribution in [2.75, 3.05) is 0 Å². The fourth-order valence-corrected chi connectivity index (χ4v) is 2.21. The summed E-state index contributed by atoms with van der Waals surface area (Å²) in [4.78, 5) is 36.4. The minimum atomic E-state index is -1.16. The predicted octanol–water partition coefficient (Wildman–Crippen LogP) is 1.14. The fraction of sp³-hybridized carbons (Fsp3) is 0.267. The maximum atomic E-state index is 11.6. The Kier molecular flexibility index (Phi) is 4.77. The van der Waals surface area contributed by atoms with Crippen LogP contribution in [-0.2, 0) is 20.8 Å². The van der Waals surface area contributed by atoms with Crippen molar-refractivity contribution in [1.82, 2.24) is 10.3 Å². The zero-order valence-corrected chi connectivity index (χ0v) is 11.7. The Labute approximate surface area is 125 Å². The molecule has 7 heteroatoms. The summed E-state index contributed by atoms with van der Waals surface area (Å²) in [6.07, 6.45) is 1.26. The van der Waals surface area contributed by atoms with Gasteiger partial charge < -0.3 is 20.5 Å². The molecule has 1 atom stereocenters. The summed E-state index contributed by atoms with van der Waals surface area (Å²) in [7, 11) is 0. The molecule has 0 saturated heterocycles. The number of hydrogen-bond acceptors (Lipinski definition) is 3. The highest BCUT2D eigenvalue weighted by atomic mass is 16.4. The van der Waals surface area contributed by atoms with E-state index in [4.69, 9.17) is 5.11 Å². The number of para-hydroxylation sites is 1. The van der Waals surface area contributed by atoms with E-state index in [2.05, 4.69) is 10.3 Å². The average molecular weight is 304 g/mol. The topological polar surface area (TPSA) is 119 Å². The van der Waals surface area contributed by atoms with Gasteiger partial charge in [0.25, 0.3) is 0 Å². The summed E-state index contributed by atoms with van der Waals surface area (Å²) < 4.78 is 0. The van der Waals surface area contributed by atoms with E-state index in [0.29, 0.717) is 0 Å². The number of aromatic amines is 1. The van der Waals surface area contributed by atoms with Gasteiger partial charge in [-0.05, 0) is 11.6 Å². The molecule has 1 aromatic carbocycles. The Balaban J connectivity index is 2.07. The highest BCUT2D eigenvalue weighted by molar-refractivity contribution is 5.87. The largest absolute Gasteiger partial charge is 0.481 e. The van der Waals surface area contributed by atoms with Crippen LogP contribution < -0.4 is 5.32 Å². The Morgan fingerprint density at radius 3 is 2.55 bits per heavy atom. The zero-order valence-electron chi connectivity index (χ0n) is 11.7. The number of carbonyl (C=O) groups excluding carboxylic acids is 1. The first kappa shape index (κ1) is 15.6. The van der Waals surface area contributed by atoms with Gasteiger partial charge in [0, 0.05) is 29.9 Å². The number of amides is 1. The van der Waals surface area contributed by atoms with E-state index >= 15 is 0 Å². The Bertz CT molecular complexity index is 707. The smallest absolute Gasteiger partial charge is 0.326 e. The van der Waals surface area contributed by atoms with Gasteiger partial charge in [0.05, 0.1) is 6.42 Å². The van der Waals surface area contributed by atoms with E-state index in [1.165, 1.54) is 0 Å². The monoisotopic (exact) mass is 304 g/mol. The van der Waals surface area contributed by atoms with Crippen LogP contribution >= 0.6 is 0 Å². The van der Waals surface area contributed by atoms with Crippen LogP contribution in [0.2, 0.25) is 0 Å². The molecule has 1 amide bonds. The van der Waals surface area contributed by atoms with Crippen molar-refractivity contribution in [3.05, 3.63) is 36.0 Å². The number of nitrogens with one attached hydrogen (secondary N) is 2. The third-order valence-electron chi connectivity index (χ3n) is 3.30. The van der Waals surface area contributed by atoms with Crippen LogP contribution in [0.5, 0.6) is 0 Å². The van der Waals surface area contributed by atoms with E-state index in [1.807, 2.05) is 24.3 Å². The normalized spacial score (nSPS) is 12.0. The van der Waals surface area contributed by atoms with Crippen LogP contribution in [0.3, 0.4) is 0 Å². The summed E-state index contributed by atoms with van der Waals surface area (Å²) in [6, 6.07) is 6.36. The third-order valence-corrected chi connectivity index (χ3v) is 3.30. The molecule has 22 heavy (non-hydrogen) atoms. The third kappa shape index (κ3) is 3.85. The van der Waals surface area contributed by atoms with E-state index < -0.39 is 23.9 Å². The number of hydrogen-bond donors (Lipinski definition) is 4. The van der Waals surface area contributed by atoms with Crippen LogP contribution in [0.4, 0.5) is 0 Å². The summed E-state index contributed by atoms with van der Waals surface area (Å²) in [5.74, 6) is -2.85. The van der Waals surface area contributed by atoms with E-state index in [9.17, 15) is 19.5 Å². The molecule has 0 radical (unpaired) electrons. The van der Waals surface area contributed by atoms with Crippen molar-refractivity contribution >= 4 is 28.7 Å². The van der Waals surface area contributed by atoms with Gasteiger partial charge in [0.2, 0.25) is 5.91 Å². The second kappa shape index (κ2) is 6.75. The van der Waals surface area contributed by atoms with Crippen molar-refractivity contribution in [3.63, 3.8) is 0 Å². The first-order valence-electron chi connectivity index (χ1n) is 6.76. The molecule has 0 aliphatic heterocycles. The molecule has 7 nitrogen and oxygen atoms in total. The number of rotatable bonds is 7. The molecule has 1 aromatic heterocycles. The number of benzene rings is 1. The van der Waals surface area contributed by atoms with Crippen LogP contribution in [0.15, 0.2) is 30.5 Å². The number of fused-ring (bicyclic) bond motifs is 1. The lowest BCUT2D eigenvalue weighted by atomic mass is 10.0. The summed E-state index contributed by atoms with van der Waals surface area (Å²) in [6.45, 7) is 0. The molecule has 0 spiro atoms. The molecule has 0 unspecified atom stereocenters. The molecule has 4 N–H and O–H groups in total. The van der Waals surface area contributed by atoms with E-state index in [0.717, 1.165) is 16.5 Å². The van der Waals surface area contributed by atoms with Gasteiger partial charge in [-0.2, -0.15) is 0 Å². The van der Waals surface area contributed by atoms with Crippen molar-refractivity contribution in [2.24, 2.45) is 0 Å². The second-order valence-corrected chi connectivity index (χ2v) is 4.92.